The van der Waals surface area contributed by atoms with Crippen molar-refractivity contribution in [3.63, 3.8) is 0 Å². The standard InChI is InChI=1S/C11H22N2OS/c1-4-13-11(3,9-12)5-6-15-8-10(2)7-14/h10,13-14H,4-8H2,1-3H3. The topological polar surface area (TPSA) is 56.0 Å². The third kappa shape index (κ3) is 6.77. The molecule has 0 amide bonds. The van der Waals surface area contributed by atoms with E-state index in [0.29, 0.717) is 5.92 Å². The lowest BCUT2D eigenvalue weighted by Gasteiger charge is -2.22. The average Bonchev–Trinajstić information content (AvgIpc) is 2.24. The Morgan fingerprint density at radius 1 is 1.60 bits per heavy atom. The van der Waals surface area contributed by atoms with Crippen LogP contribution in [0.15, 0.2) is 0 Å². The minimum atomic E-state index is -0.399. The van der Waals surface area contributed by atoms with Crippen LogP contribution in [0, 0.1) is 17.2 Å². The zero-order valence-electron chi connectivity index (χ0n) is 9.92. The Morgan fingerprint density at radius 2 is 2.27 bits per heavy atom. The summed E-state index contributed by atoms with van der Waals surface area (Å²) in [5.41, 5.74) is -0.399. The lowest BCUT2D eigenvalue weighted by atomic mass is 10.0. The number of thioether (sulfide) groups is 1. The summed E-state index contributed by atoms with van der Waals surface area (Å²) in [5, 5.41) is 21.0. The van der Waals surface area contributed by atoms with Crippen molar-refractivity contribution in [1.82, 2.24) is 5.32 Å². The van der Waals surface area contributed by atoms with Crippen molar-refractivity contribution in [3.8, 4) is 6.07 Å². The highest BCUT2D eigenvalue weighted by atomic mass is 32.2. The molecule has 15 heavy (non-hydrogen) atoms. The van der Waals surface area contributed by atoms with Gasteiger partial charge >= 0.3 is 0 Å². The number of hydrogen-bond acceptors (Lipinski definition) is 4. The van der Waals surface area contributed by atoms with Gasteiger partial charge in [-0.3, -0.25) is 5.32 Å². The molecule has 0 saturated heterocycles. The Kier molecular flexibility index (Phi) is 7.85. The first-order chi connectivity index (χ1) is 7.08. The van der Waals surface area contributed by atoms with Gasteiger partial charge in [0.1, 0.15) is 5.54 Å². The molecule has 88 valence electrons. The monoisotopic (exact) mass is 230 g/mol. The molecule has 0 aromatic heterocycles. The lowest BCUT2D eigenvalue weighted by Crippen LogP contribution is -2.41. The van der Waals surface area contributed by atoms with E-state index in [-0.39, 0.29) is 6.61 Å². The molecule has 4 heteroatoms. The molecule has 0 heterocycles. The summed E-state index contributed by atoms with van der Waals surface area (Å²) in [6.07, 6.45) is 0.847. The van der Waals surface area contributed by atoms with Gasteiger partial charge in [0, 0.05) is 6.61 Å². The van der Waals surface area contributed by atoms with Gasteiger partial charge in [0.15, 0.2) is 0 Å². The molecule has 0 saturated carbocycles. The maximum atomic E-state index is 9.01. The number of nitriles is 1. The Balaban J connectivity index is 3.69. The predicted octanol–water partition coefficient (Wildman–Crippen LogP) is 1.63. The van der Waals surface area contributed by atoms with E-state index in [1.54, 1.807) is 11.8 Å². The molecule has 3 nitrogen and oxygen atoms in total. The second kappa shape index (κ2) is 7.98. The van der Waals surface area contributed by atoms with Gasteiger partial charge in [0.05, 0.1) is 6.07 Å². The van der Waals surface area contributed by atoms with Crippen LogP contribution in [-0.4, -0.2) is 35.3 Å². The van der Waals surface area contributed by atoms with Crippen LogP contribution in [0.1, 0.15) is 27.2 Å². The summed E-state index contributed by atoms with van der Waals surface area (Å²) >= 11 is 1.80. The highest BCUT2D eigenvalue weighted by Gasteiger charge is 2.21. The van der Waals surface area contributed by atoms with Crippen LogP contribution in [0.3, 0.4) is 0 Å². The van der Waals surface area contributed by atoms with E-state index in [4.69, 9.17) is 10.4 Å². The fourth-order valence-corrected chi connectivity index (χ4v) is 2.41. The van der Waals surface area contributed by atoms with Gasteiger partial charge < -0.3 is 5.11 Å². The number of aliphatic hydroxyl groups excluding tert-OH is 1. The van der Waals surface area contributed by atoms with Crippen LogP contribution < -0.4 is 5.32 Å². The van der Waals surface area contributed by atoms with Gasteiger partial charge in [-0.15, -0.1) is 0 Å². The summed E-state index contributed by atoms with van der Waals surface area (Å²) in [7, 11) is 0. The van der Waals surface area contributed by atoms with Crippen molar-refractivity contribution in [1.29, 1.82) is 5.26 Å². The first kappa shape index (κ1) is 14.8. The molecule has 0 aromatic rings. The second-order valence-corrected chi connectivity index (χ2v) is 5.24. The van der Waals surface area contributed by atoms with Gasteiger partial charge in [-0.05, 0) is 37.3 Å². The molecule has 2 unspecified atom stereocenters. The third-order valence-corrected chi connectivity index (χ3v) is 3.57. The predicted molar refractivity (Wildman–Crippen MR) is 65.9 cm³/mol. The molecule has 0 aromatic carbocycles. The van der Waals surface area contributed by atoms with Crippen molar-refractivity contribution < 1.29 is 5.11 Å². The first-order valence-electron chi connectivity index (χ1n) is 5.43. The maximum absolute atomic E-state index is 9.01. The van der Waals surface area contributed by atoms with E-state index in [1.807, 2.05) is 20.8 Å². The fourth-order valence-electron chi connectivity index (χ4n) is 1.19. The SMILES string of the molecule is CCNC(C)(C#N)CCSCC(C)CO. The number of hydrogen-bond donors (Lipinski definition) is 2. The summed E-state index contributed by atoms with van der Waals surface area (Å²) in [5.74, 6) is 2.27. The fraction of sp³-hybridized carbons (Fsp3) is 0.909. The maximum Gasteiger partial charge on any atom is 0.104 e. The minimum Gasteiger partial charge on any atom is -0.396 e. The van der Waals surface area contributed by atoms with Gasteiger partial charge in [-0.1, -0.05) is 13.8 Å². The van der Waals surface area contributed by atoms with Crippen LogP contribution in [0.4, 0.5) is 0 Å². The van der Waals surface area contributed by atoms with Crippen molar-refractivity contribution >= 4 is 11.8 Å². The van der Waals surface area contributed by atoms with Crippen molar-refractivity contribution in [3.05, 3.63) is 0 Å². The second-order valence-electron chi connectivity index (χ2n) is 4.09. The van der Waals surface area contributed by atoms with Crippen LogP contribution in [0.25, 0.3) is 0 Å². The molecule has 2 atom stereocenters. The Bertz CT molecular complexity index is 205. The largest absolute Gasteiger partial charge is 0.396 e. The Labute approximate surface area is 97.2 Å². The van der Waals surface area contributed by atoms with E-state index in [2.05, 4.69) is 11.4 Å². The van der Waals surface area contributed by atoms with E-state index in [0.717, 1.165) is 24.5 Å². The summed E-state index contributed by atoms with van der Waals surface area (Å²) < 4.78 is 0. The van der Waals surface area contributed by atoms with Crippen LogP contribution >= 0.6 is 11.8 Å². The molecule has 0 bridgehead atoms. The molecule has 0 radical (unpaired) electrons. The van der Waals surface area contributed by atoms with Gasteiger partial charge in [-0.2, -0.15) is 17.0 Å². The smallest absolute Gasteiger partial charge is 0.104 e. The highest BCUT2D eigenvalue weighted by Crippen LogP contribution is 2.15. The highest BCUT2D eigenvalue weighted by molar-refractivity contribution is 7.99. The normalized spacial score (nSPS) is 16.7. The lowest BCUT2D eigenvalue weighted by molar-refractivity contribution is 0.250. The van der Waals surface area contributed by atoms with E-state index >= 15 is 0 Å². The molecular weight excluding hydrogens is 208 g/mol. The molecule has 0 rings (SSSR count). The van der Waals surface area contributed by atoms with Gasteiger partial charge in [0.25, 0.3) is 0 Å². The molecule has 2 N–H and O–H groups in total. The summed E-state index contributed by atoms with van der Waals surface area (Å²) in [6, 6.07) is 2.31. The zero-order valence-corrected chi connectivity index (χ0v) is 10.7. The number of rotatable bonds is 8. The van der Waals surface area contributed by atoms with Crippen molar-refractivity contribution in [2.75, 3.05) is 24.7 Å². The molecule has 0 aliphatic carbocycles. The first-order valence-corrected chi connectivity index (χ1v) is 6.58. The molecule has 0 fully saturated rings. The number of nitrogens with zero attached hydrogens (tertiary/aromatic N) is 1. The van der Waals surface area contributed by atoms with Crippen LogP contribution in [0.2, 0.25) is 0 Å². The number of nitrogens with one attached hydrogen (secondary N) is 1. The van der Waals surface area contributed by atoms with Gasteiger partial charge in [0.2, 0.25) is 0 Å². The zero-order chi connectivity index (χ0) is 11.7. The van der Waals surface area contributed by atoms with Crippen LogP contribution in [0.5, 0.6) is 0 Å². The van der Waals surface area contributed by atoms with Crippen molar-refractivity contribution in [2.24, 2.45) is 5.92 Å². The minimum absolute atomic E-state index is 0.246. The Morgan fingerprint density at radius 3 is 2.73 bits per heavy atom. The molecular formula is C11H22N2OS. The van der Waals surface area contributed by atoms with E-state index in [9.17, 15) is 0 Å². The van der Waals surface area contributed by atoms with E-state index in [1.165, 1.54) is 0 Å². The average molecular weight is 230 g/mol. The summed E-state index contributed by atoms with van der Waals surface area (Å²) in [4.78, 5) is 0. The Hall–Kier alpha value is -0.240. The third-order valence-electron chi connectivity index (χ3n) is 2.27. The van der Waals surface area contributed by atoms with Gasteiger partial charge in [-0.25, -0.2) is 0 Å². The van der Waals surface area contributed by atoms with Crippen molar-refractivity contribution in [2.45, 2.75) is 32.7 Å². The quantitative estimate of drug-likeness (QED) is 0.622. The molecule has 0 aliphatic rings. The summed E-state index contributed by atoms with van der Waals surface area (Å²) in [6.45, 7) is 7.04. The van der Waals surface area contributed by atoms with E-state index < -0.39 is 5.54 Å². The number of aliphatic hydroxyl groups is 1. The molecule has 0 spiro atoms. The molecule has 0 aliphatic heterocycles. The van der Waals surface area contributed by atoms with Crippen LogP contribution in [-0.2, 0) is 0 Å².